The first kappa shape index (κ1) is 13.4. The van der Waals surface area contributed by atoms with Crippen molar-refractivity contribution in [3.05, 3.63) is 53.5 Å². The minimum atomic E-state index is -0.220. The van der Waals surface area contributed by atoms with Gasteiger partial charge in [0.1, 0.15) is 16.7 Å². The highest BCUT2D eigenvalue weighted by molar-refractivity contribution is 5.93. The summed E-state index contributed by atoms with van der Waals surface area (Å²) in [6.07, 6.45) is 1.62. The summed E-state index contributed by atoms with van der Waals surface area (Å²) in [7, 11) is 0. The molecule has 4 aromatic rings. The summed E-state index contributed by atoms with van der Waals surface area (Å²) in [5, 5.41) is 14.5. The molecule has 0 unspecified atom stereocenters. The van der Waals surface area contributed by atoms with Crippen LogP contribution in [-0.4, -0.2) is 30.8 Å². The lowest BCUT2D eigenvalue weighted by atomic mass is 10.2. The van der Waals surface area contributed by atoms with Crippen LogP contribution in [0.5, 0.6) is 0 Å². The Morgan fingerprint density at radius 3 is 3.00 bits per heavy atom. The number of nitrogens with zero attached hydrogens (tertiary/aromatic N) is 5. The Bertz CT molecular complexity index is 1020. The third-order valence-electron chi connectivity index (χ3n) is 3.49. The normalized spacial score (nSPS) is 11.2. The molecule has 0 aliphatic rings. The van der Waals surface area contributed by atoms with Gasteiger partial charge in [0.2, 0.25) is 0 Å². The van der Waals surface area contributed by atoms with Gasteiger partial charge in [-0.05, 0) is 41.0 Å². The van der Waals surface area contributed by atoms with Crippen molar-refractivity contribution in [3.63, 3.8) is 0 Å². The number of hydrogen-bond acceptors (Lipinski definition) is 6. The lowest BCUT2D eigenvalue weighted by Crippen LogP contribution is -2.25. The first-order valence-corrected chi connectivity index (χ1v) is 7.01. The second-order valence-electron chi connectivity index (χ2n) is 5.15. The zero-order valence-corrected chi connectivity index (χ0v) is 12.2. The predicted octanol–water partition coefficient (Wildman–Crippen LogP) is 1.50. The minimum Gasteiger partial charge on any atom is -0.347 e. The Morgan fingerprint density at radius 1 is 1.22 bits per heavy atom. The molecule has 8 nitrogen and oxygen atoms in total. The quantitative estimate of drug-likeness (QED) is 0.616. The van der Waals surface area contributed by atoms with Gasteiger partial charge in [0.15, 0.2) is 5.65 Å². The second-order valence-corrected chi connectivity index (χ2v) is 5.15. The fraction of sp³-hybridized carbons (Fsp3) is 0.133. The van der Waals surface area contributed by atoms with E-state index in [1.54, 1.807) is 24.4 Å². The number of carbonyl (C=O) groups excluding carboxylic acids is 1. The average Bonchev–Trinajstić information content (AvgIpc) is 3.19. The van der Waals surface area contributed by atoms with Gasteiger partial charge in [0.25, 0.3) is 5.91 Å². The highest BCUT2D eigenvalue weighted by Crippen LogP contribution is 2.12. The van der Waals surface area contributed by atoms with E-state index in [1.807, 2.05) is 19.1 Å². The van der Waals surface area contributed by atoms with Crippen LogP contribution in [0, 0.1) is 6.92 Å². The summed E-state index contributed by atoms with van der Waals surface area (Å²) in [5.74, 6) is -0.220. The minimum absolute atomic E-state index is 0.220. The van der Waals surface area contributed by atoms with Gasteiger partial charge in [-0.3, -0.25) is 4.79 Å². The number of carbonyl (C=O) groups is 1. The number of benzene rings is 1. The lowest BCUT2D eigenvalue weighted by molar-refractivity contribution is 0.0943. The van der Waals surface area contributed by atoms with Crippen molar-refractivity contribution < 1.29 is 9.42 Å². The Kier molecular flexibility index (Phi) is 3.00. The molecule has 4 rings (SSSR count). The van der Waals surface area contributed by atoms with Crippen LogP contribution >= 0.6 is 0 Å². The summed E-state index contributed by atoms with van der Waals surface area (Å²) in [6.45, 7) is 2.21. The van der Waals surface area contributed by atoms with Gasteiger partial charge in [0.05, 0.1) is 6.20 Å². The SMILES string of the molecule is Cc1cc(C(=O)NCc2ccc3nonc3c2)n2nccc2n1. The lowest BCUT2D eigenvalue weighted by Gasteiger charge is -2.07. The molecule has 0 aliphatic carbocycles. The molecule has 0 saturated carbocycles. The van der Waals surface area contributed by atoms with Crippen molar-refractivity contribution in [2.24, 2.45) is 0 Å². The maximum absolute atomic E-state index is 12.4. The molecule has 3 aromatic heterocycles. The molecular weight excluding hydrogens is 296 g/mol. The van der Waals surface area contributed by atoms with E-state index in [2.05, 4.69) is 30.3 Å². The number of rotatable bonds is 3. The van der Waals surface area contributed by atoms with Crippen molar-refractivity contribution in [1.82, 2.24) is 30.2 Å². The van der Waals surface area contributed by atoms with Crippen LogP contribution in [0.4, 0.5) is 0 Å². The molecule has 1 aromatic carbocycles. The second kappa shape index (κ2) is 5.16. The van der Waals surface area contributed by atoms with E-state index in [-0.39, 0.29) is 5.91 Å². The summed E-state index contributed by atoms with van der Waals surface area (Å²) in [6, 6.07) is 8.96. The number of amides is 1. The average molecular weight is 308 g/mol. The van der Waals surface area contributed by atoms with E-state index < -0.39 is 0 Å². The molecular formula is C15H12N6O2. The monoisotopic (exact) mass is 308 g/mol. The maximum atomic E-state index is 12.4. The van der Waals surface area contributed by atoms with Crippen LogP contribution in [0.1, 0.15) is 21.7 Å². The first-order chi connectivity index (χ1) is 11.2. The van der Waals surface area contributed by atoms with E-state index in [0.717, 1.165) is 11.3 Å². The summed E-state index contributed by atoms with van der Waals surface area (Å²) in [5.41, 5.74) is 4.10. The van der Waals surface area contributed by atoms with Crippen LogP contribution in [-0.2, 0) is 6.54 Å². The molecule has 0 atom stereocenters. The Hall–Kier alpha value is -3.29. The molecule has 0 bridgehead atoms. The molecule has 0 spiro atoms. The number of nitrogens with one attached hydrogen (secondary N) is 1. The zero-order chi connectivity index (χ0) is 15.8. The first-order valence-electron chi connectivity index (χ1n) is 7.01. The number of hydrogen-bond donors (Lipinski definition) is 1. The third-order valence-corrected chi connectivity index (χ3v) is 3.49. The number of aromatic nitrogens is 5. The van der Waals surface area contributed by atoms with E-state index >= 15 is 0 Å². The molecule has 0 saturated heterocycles. The highest BCUT2D eigenvalue weighted by atomic mass is 16.6. The standard InChI is InChI=1S/C15H12N6O2/c1-9-6-13(21-14(18-9)4-5-17-21)15(22)16-8-10-2-3-11-12(7-10)20-23-19-11/h2-7H,8H2,1H3,(H,16,22). The largest absolute Gasteiger partial charge is 0.347 e. The maximum Gasteiger partial charge on any atom is 0.270 e. The van der Waals surface area contributed by atoms with Crippen LogP contribution in [0.15, 0.2) is 41.2 Å². The Balaban J connectivity index is 1.58. The fourth-order valence-corrected chi connectivity index (χ4v) is 2.41. The molecule has 8 heteroatoms. The van der Waals surface area contributed by atoms with Gasteiger partial charge in [0, 0.05) is 18.3 Å². The Labute approximate surface area is 130 Å². The smallest absolute Gasteiger partial charge is 0.270 e. The molecule has 1 amide bonds. The number of aryl methyl sites for hydroxylation is 1. The van der Waals surface area contributed by atoms with Gasteiger partial charge in [-0.1, -0.05) is 6.07 Å². The third kappa shape index (κ3) is 2.39. The molecule has 114 valence electrons. The van der Waals surface area contributed by atoms with Crippen molar-refractivity contribution in [1.29, 1.82) is 0 Å². The van der Waals surface area contributed by atoms with E-state index in [0.29, 0.717) is 28.9 Å². The van der Waals surface area contributed by atoms with Gasteiger partial charge in [-0.2, -0.15) is 5.10 Å². The van der Waals surface area contributed by atoms with Gasteiger partial charge < -0.3 is 5.32 Å². The van der Waals surface area contributed by atoms with Crippen molar-refractivity contribution in [2.75, 3.05) is 0 Å². The predicted molar refractivity (Wildman–Crippen MR) is 80.7 cm³/mol. The summed E-state index contributed by atoms with van der Waals surface area (Å²) >= 11 is 0. The van der Waals surface area contributed by atoms with Crippen LogP contribution in [0.25, 0.3) is 16.7 Å². The molecule has 23 heavy (non-hydrogen) atoms. The van der Waals surface area contributed by atoms with E-state index in [1.165, 1.54) is 4.52 Å². The van der Waals surface area contributed by atoms with Crippen LogP contribution in [0.3, 0.4) is 0 Å². The molecule has 0 fully saturated rings. The van der Waals surface area contributed by atoms with Gasteiger partial charge in [-0.25, -0.2) is 14.1 Å². The molecule has 1 N–H and O–H groups in total. The van der Waals surface area contributed by atoms with Gasteiger partial charge in [-0.15, -0.1) is 0 Å². The van der Waals surface area contributed by atoms with Crippen molar-refractivity contribution in [2.45, 2.75) is 13.5 Å². The van der Waals surface area contributed by atoms with E-state index in [9.17, 15) is 4.79 Å². The van der Waals surface area contributed by atoms with Crippen molar-refractivity contribution >= 4 is 22.6 Å². The highest BCUT2D eigenvalue weighted by Gasteiger charge is 2.12. The molecule has 0 aliphatic heterocycles. The van der Waals surface area contributed by atoms with Gasteiger partial charge >= 0.3 is 0 Å². The summed E-state index contributed by atoms with van der Waals surface area (Å²) < 4.78 is 6.18. The zero-order valence-electron chi connectivity index (χ0n) is 12.2. The Morgan fingerprint density at radius 2 is 2.09 bits per heavy atom. The topological polar surface area (TPSA) is 98.2 Å². The fourth-order valence-electron chi connectivity index (χ4n) is 2.41. The molecule has 3 heterocycles. The van der Waals surface area contributed by atoms with Crippen LogP contribution in [0.2, 0.25) is 0 Å². The summed E-state index contributed by atoms with van der Waals surface area (Å²) in [4.78, 5) is 16.8. The van der Waals surface area contributed by atoms with E-state index in [4.69, 9.17) is 0 Å². The van der Waals surface area contributed by atoms with Crippen LogP contribution < -0.4 is 5.32 Å². The molecule has 0 radical (unpaired) electrons. The van der Waals surface area contributed by atoms with Crippen molar-refractivity contribution in [3.8, 4) is 0 Å². The number of fused-ring (bicyclic) bond motifs is 2.